The minimum Gasteiger partial charge on any atom is -0.320 e. The van der Waals surface area contributed by atoms with Gasteiger partial charge in [0, 0.05) is 0 Å². The Balaban J connectivity index is 2.75. The summed E-state index contributed by atoms with van der Waals surface area (Å²) < 4.78 is 36.4. The molecule has 0 aliphatic rings. The molecule has 0 bridgehead atoms. The topological polar surface area (TPSA) is 26.0 Å². The fourth-order valence-corrected chi connectivity index (χ4v) is 1.19. The summed E-state index contributed by atoms with van der Waals surface area (Å²) in [6.07, 6.45) is -4.47. The molecular formula is C10H12F3N. The van der Waals surface area contributed by atoms with Crippen molar-refractivity contribution in [2.75, 3.05) is 0 Å². The summed E-state index contributed by atoms with van der Waals surface area (Å²) in [6.45, 7) is 1.78. The van der Waals surface area contributed by atoms with Crippen LogP contribution in [-0.4, -0.2) is 12.2 Å². The molecule has 0 saturated carbocycles. The van der Waals surface area contributed by atoms with Gasteiger partial charge in [0.25, 0.3) is 0 Å². The largest absolute Gasteiger partial charge is 0.403 e. The summed E-state index contributed by atoms with van der Waals surface area (Å²) in [5.74, 6) is 0. The van der Waals surface area contributed by atoms with E-state index in [2.05, 4.69) is 0 Å². The van der Waals surface area contributed by atoms with Gasteiger partial charge in [-0.3, -0.25) is 0 Å². The van der Waals surface area contributed by atoms with E-state index >= 15 is 0 Å². The molecule has 0 unspecified atom stereocenters. The number of benzene rings is 1. The number of alkyl halides is 3. The van der Waals surface area contributed by atoms with Gasteiger partial charge in [0.15, 0.2) is 0 Å². The molecule has 78 valence electrons. The number of hydrogen-bond donors (Lipinski definition) is 1. The van der Waals surface area contributed by atoms with E-state index in [1.165, 1.54) is 0 Å². The zero-order valence-corrected chi connectivity index (χ0v) is 7.81. The molecular weight excluding hydrogens is 191 g/mol. The Hall–Kier alpha value is -1.03. The smallest absolute Gasteiger partial charge is 0.320 e. The summed E-state index contributed by atoms with van der Waals surface area (Å²) in [6, 6.07) is 5.17. The van der Waals surface area contributed by atoms with E-state index in [4.69, 9.17) is 5.73 Å². The Morgan fingerprint density at radius 2 is 1.86 bits per heavy atom. The van der Waals surface area contributed by atoms with E-state index in [-0.39, 0.29) is 6.42 Å². The average Bonchev–Trinajstić information content (AvgIpc) is 2.07. The van der Waals surface area contributed by atoms with Crippen molar-refractivity contribution >= 4 is 0 Å². The van der Waals surface area contributed by atoms with Crippen molar-refractivity contribution in [1.82, 2.24) is 0 Å². The highest BCUT2D eigenvalue weighted by atomic mass is 19.4. The van der Waals surface area contributed by atoms with Crippen LogP contribution in [0, 0.1) is 6.92 Å². The first kappa shape index (κ1) is 11.0. The first-order chi connectivity index (χ1) is 6.41. The highest BCUT2D eigenvalue weighted by Crippen LogP contribution is 2.22. The van der Waals surface area contributed by atoms with E-state index in [0.717, 1.165) is 5.56 Å². The molecule has 0 heterocycles. The molecule has 0 amide bonds. The van der Waals surface area contributed by atoms with Gasteiger partial charge in [-0.1, -0.05) is 24.3 Å². The maximum Gasteiger partial charge on any atom is 0.403 e. The van der Waals surface area contributed by atoms with Crippen molar-refractivity contribution in [1.29, 1.82) is 0 Å². The molecule has 4 heteroatoms. The molecule has 0 spiro atoms. The number of hydrogen-bond acceptors (Lipinski definition) is 1. The van der Waals surface area contributed by atoms with E-state index in [1.54, 1.807) is 31.2 Å². The predicted octanol–water partition coefficient (Wildman–Crippen LogP) is 2.43. The van der Waals surface area contributed by atoms with E-state index in [1.807, 2.05) is 0 Å². The lowest BCUT2D eigenvalue weighted by Gasteiger charge is -2.16. The monoisotopic (exact) mass is 203 g/mol. The highest BCUT2D eigenvalue weighted by Gasteiger charge is 2.36. The first-order valence-corrected chi connectivity index (χ1v) is 4.28. The van der Waals surface area contributed by atoms with Crippen LogP contribution in [0.4, 0.5) is 13.2 Å². The summed E-state index contributed by atoms with van der Waals surface area (Å²) in [5.41, 5.74) is 6.52. The molecule has 0 aliphatic carbocycles. The Labute approximate surface area is 80.7 Å². The molecule has 1 aromatic rings. The second-order valence-electron chi connectivity index (χ2n) is 3.28. The third-order valence-electron chi connectivity index (χ3n) is 2.12. The van der Waals surface area contributed by atoms with E-state index in [0.29, 0.717) is 5.56 Å². The van der Waals surface area contributed by atoms with Crippen molar-refractivity contribution in [2.45, 2.75) is 25.6 Å². The number of halogens is 3. The fraction of sp³-hybridized carbons (Fsp3) is 0.400. The van der Waals surface area contributed by atoms with Gasteiger partial charge < -0.3 is 5.73 Å². The molecule has 0 fully saturated rings. The van der Waals surface area contributed by atoms with Crippen LogP contribution in [0.2, 0.25) is 0 Å². The standard InChI is InChI=1S/C10H12F3N/c1-7-4-2-3-5-8(7)6-9(14)10(11,12)13/h2-5,9H,6,14H2,1H3/t9-/m0/s1. The van der Waals surface area contributed by atoms with Gasteiger partial charge >= 0.3 is 6.18 Å². The SMILES string of the molecule is Cc1ccccc1C[C@H](N)C(F)(F)F. The van der Waals surface area contributed by atoms with Crippen LogP contribution in [0.1, 0.15) is 11.1 Å². The molecule has 1 aromatic carbocycles. The van der Waals surface area contributed by atoms with Crippen LogP contribution in [0.25, 0.3) is 0 Å². The van der Waals surface area contributed by atoms with Crippen molar-refractivity contribution in [3.63, 3.8) is 0 Å². The number of rotatable bonds is 2. The van der Waals surface area contributed by atoms with Crippen molar-refractivity contribution in [2.24, 2.45) is 5.73 Å². The van der Waals surface area contributed by atoms with E-state index < -0.39 is 12.2 Å². The van der Waals surface area contributed by atoms with Crippen LogP contribution in [0.3, 0.4) is 0 Å². The van der Waals surface area contributed by atoms with Gasteiger partial charge in [0.1, 0.15) is 6.04 Å². The van der Waals surface area contributed by atoms with Gasteiger partial charge in [-0.25, -0.2) is 0 Å². The Morgan fingerprint density at radius 3 is 2.36 bits per heavy atom. The molecule has 0 aromatic heterocycles. The van der Waals surface area contributed by atoms with Gasteiger partial charge in [0.05, 0.1) is 0 Å². The van der Waals surface area contributed by atoms with Crippen LogP contribution < -0.4 is 5.73 Å². The van der Waals surface area contributed by atoms with Gasteiger partial charge in [-0.15, -0.1) is 0 Å². The van der Waals surface area contributed by atoms with Crippen molar-refractivity contribution in [3.05, 3.63) is 35.4 Å². The van der Waals surface area contributed by atoms with Crippen LogP contribution in [-0.2, 0) is 6.42 Å². The lowest BCUT2D eigenvalue weighted by Crippen LogP contribution is -2.39. The number of nitrogens with two attached hydrogens (primary N) is 1. The highest BCUT2D eigenvalue weighted by molar-refractivity contribution is 5.26. The molecule has 0 radical (unpaired) electrons. The lowest BCUT2D eigenvalue weighted by atomic mass is 10.0. The molecule has 1 nitrogen and oxygen atoms in total. The minimum absolute atomic E-state index is 0.157. The summed E-state index contributed by atoms with van der Waals surface area (Å²) in [4.78, 5) is 0. The molecule has 0 saturated heterocycles. The fourth-order valence-electron chi connectivity index (χ4n) is 1.19. The Bertz CT molecular complexity index is 306. The second-order valence-corrected chi connectivity index (χ2v) is 3.28. The van der Waals surface area contributed by atoms with Crippen LogP contribution in [0.5, 0.6) is 0 Å². The Morgan fingerprint density at radius 1 is 1.29 bits per heavy atom. The summed E-state index contributed by atoms with van der Waals surface area (Å²) >= 11 is 0. The molecule has 2 N–H and O–H groups in total. The zero-order chi connectivity index (χ0) is 10.8. The predicted molar refractivity (Wildman–Crippen MR) is 48.9 cm³/mol. The van der Waals surface area contributed by atoms with Gasteiger partial charge in [0.2, 0.25) is 0 Å². The quantitative estimate of drug-likeness (QED) is 0.784. The van der Waals surface area contributed by atoms with Gasteiger partial charge in [-0.05, 0) is 24.5 Å². The lowest BCUT2D eigenvalue weighted by molar-refractivity contribution is -0.147. The number of aryl methyl sites for hydroxylation is 1. The van der Waals surface area contributed by atoms with Crippen molar-refractivity contribution in [3.8, 4) is 0 Å². The normalized spacial score (nSPS) is 14.1. The third-order valence-corrected chi connectivity index (χ3v) is 2.12. The van der Waals surface area contributed by atoms with Gasteiger partial charge in [-0.2, -0.15) is 13.2 Å². The summed E-state index contributed by atoms with van der Waals surface area (Å²) in [5, 5.41) is 0. The zero-order valence-electron chi connectivity index (χ0n) is 7.81. The third kappa shape index (κ3) is 2.73. The minimum atomic E-state index is -4.32. The summed E-state index contributed by atoms with van der Waals surface area (Å²) in [7, 11) is 0. The maximum atomic E-state index is 12.1. The molecule has 1 atom stereocenters. The molecule has 14 heavy (non-hydrogen) atoms. The average molecular weight is 203 g/mol. The van der Waals surface area contributed by atoms with Crippen LogP contribution >= 0.6 is 0 Å². The second kappa shape index (κ2) is 4.00. The molecule has 0 aliphatic heterocycles. The first-order valence-electron chi connectivity index (χ1n) is 4.28. The van der Waals surface area contributed by atoms with Crippen molar-refractivity contribution < 1.29 is 13.2 Å². The molecule has 1 rings (SSSR count). The Kier molecular flexibility index (Phi) is 3.16. The maximum absolute atomic E-state index is 12.1. The van der Waals surface area contributed by atoms with Crippen LogP contribution in [0.15, 0.2) is 24.3 Å². The van der Waals surface area contributed by atoms with E-state index in [9.17, 15) is 13.2 Å².